The molecule has 1 aliphatic rings. The van der Waals surface area contributed by atoms with Crippen molar-refractivity contribution in [3.8, 4) is 5.88 Å². The van der Waals surface area contributed by atoms with Crippen LogP contribution in [0, 0.1) is 5.92 Å². The van der Waals surface area contributed by atoms with Crippen molar-refractivity contribution in [2.75, 3.05) is 38.6 Å². The number of nitrogen functional groups attached to an aromatic ring is 1. The molecule has 7 heteroatoms. The van der Waals surface area contributed by atoms with Gasteiger partial charge in [0.05, 0.1) is 18.2 Å². The number of pyridine rings is 1. The van der Waals surface area contributed by atoms with Gasteiger partial charge in [0.2, 0.25) is 5.88 Å². The molecule has 2 N–H and O–H groups in total. The number of ether oxygens (including phenoxy) is 2. The Hall–Kier alpha value is -1.53. The molecule has 2 rings (SSSR count). The van der Waals surface area contributed by atoms with Crippen LogP contribution in [-0.4, -0.2) is 48.7 Å². The first-order valence-electron chi connectivity index (χ1n) is 9.03. The summed E-state index contributed by atoms with van der Waals surface area (Å²) in [7, 11) is 0. The maximum atomic E-state index is 12.4. The second-order valence-electron chi connectivity index (χ2n) is 6.38. The van der Waals surface area contributed by atoms with Crippen LogP contribution in [0.1, 0.15) is 49.9 Å². The predicted molar refractivity (Wildman–Crippen MR) is 99.2 cm³/mol. The highest BCUT2D eigenvalue weighted by Gasteiger charge is 2.23. The maximum Gasteiger partial charge on any atom is 0.343 e. The average Bonchev–Trinajstić information content (AvgIpc) is 2.62. The first-order chi connectivity index (χ1) is 12.0. The number of hydrogen-bond donors (Lipinski definition) is 1. The number of piperidine rings is 1. The summed E-state index contributed by atoms with van der Waals surface area (Å²) in [5.41, 5.74) is 5.90. The van der Waals surface area contributed by atoms with Gasteiger partial charge in [-0.25, -0.2) is 4.79 Å². The summed E-state index contributed by atoms with van der Waals surface area (Å²) in [6.45, 7) is 8.12. The van der Waals surface area contributed by atoms with E-state index in [0.29, 0.717) is 19.1 Å². The zero-order valence-electron chi connectivity index (χ0n) is 15.1. The number of aromatic nitrogens is 1. The lowest BCUT2D eigenvalue weighted by molar-refractivity contribution is 0.0367. The first kappa shape index (κ1) is 19.8. The number of nitrogens with two attached hydrogens (primary N) is 1. The van der Waals surface area contributed by atoms with Crippen molar-refractivity contribution in [1.82, 2.24) is 9.88 Å². The quantitative estimate of drug-likeness (QED) is 0.708. The molecular formula is C18H28ClN3O3. The Balaban J connectivity index is 1.88. The molecule has 0 saturated carbocycles. The minimum atomic E-state index is -0.466. The van der Waals surface area contributed by atoms with Crippen molar-refractivity contribution in [1.29, 1.82) is 0 Å². The van der Waals surface area contributed by atoms with E-state index in [2.05, 4.69) is 16.8 Å². The molecule has 2 heterocycles. The van der Waals surface area contributed by atoms with Crippen LogP contribution in [0.5, 0.6) is 5.88 Å². The molecule has 1 aromatic heterocycles. The van der Waals surface area contributed by atoms with E-state index in [-0.39, 0.29) is 22.3 Å². The molecule has 0 spiro atoms. The van der Waals surface area contributed by atoms with Gasteiger partial charge in [-0.15, -0.1) is 0 Å². The number of nitrogens with zero attached hydrogens (tertiary/aromatic N) is 2. The molecule has 1 saturated heterocycles. The number of carbonyl (C=O) groups excluding carboxylic acids is 1. The van der Waals surface area contributed by atoms with Crippen LogP contribution < -0.4 is 10.5 Å². The summed E-state index contributed by atoms with van der Waals surface area (Å²) in [6.07, 6.45) is 4.56. The SMILES string of the molecule is CCCCN1CCC(COC(=O)c2cc(Cl)c(N)nc2OCC)CC1. The van der Waals surface area contributed by atoms with Crippen molar-refractivity contribution in [2.45, 2.75) is 39.5 Å². The van der Waals surface area contributed by atoms with Gasteiger partial charge in [-0.3, -0.25) is 0 Å². The molecule has 25 heavy (non-hydrogen) atoms. The van der Waals surface area contributed by atoms with Gasteiger partial charge >= 0.3 is 5.97 Å². The zero-order chi connectivity index (χ0) is 18.2. The summed E-state index contributed by atoms with van der Waals surface area (Å²) < 4.78 is 10.9. The van der Waals surface area contributed by atoms with E-state index in [9.17, 15) is 4.79 Å². The average molecular weight is 370 g/mol. The Morgan fingerprint density at radius 1 is 1.40 bits per heavy atom. The highest BCUT2D eigenvalue weighted by atomic mass is 35.5. The lowest BCUT2D eigenvalue weighted by Crippen LogP contribution is -2.36. The van der Waals surface area contributed by atoms with Gasteiger partial charge in [0.25, 0.3) is 0 Å². The van der Waals surface area contributed by atoms with E-state index < -0.39 is 5.97 Å². The highest BCUT2D eigenvalue weighted by Crippen LogP contribution is 2.26. The van der Waals surface area contributed by atoms with Crippen molar-refractivity contribution in [3.05, 3.63) is 16.7 Å². The van der Waals surface area contributed by atoms with Gasteiger partial charge in [-0.2, -0.15) is 4.98 Å². The smallest absolute Gasteiger partial charge is 0.343 e. The van der Waals surface area contributed by atoms with Gasteiger partial charge < -0.3 is 20.1 Å². The van der Waals surface area contributed by atoms with Gasteiger partial charge in [-0.05, 0) is 57.8 Å². The van der Waals surface area contributed by atoms with Crippen LogP contribution in [0.25, 0.3) is 0 Å². The van der Waals surface area contributed by atoms with Crippen LogP contribution in [0.2, 0.25) is 5.02 Å². The fourth-order valence-corrected chi connectivity index (χ4v) is 3.06. The topological polar surface area (TPSA) is 77.7 Å². The Morgan fingerprint density at radius 2 is 2.12 bits per heavy atom. The Bertz CT molecular complexity index is 575. The standard InChI is InChI=1S/C18H28ClN3O3/c1-3-5-8-22-9-6-13(7-10-22)12-25-18(23)14-11-15(19)16(20)21-17(14)24-4-2/h11,13H,3-10,12H2,1-2H3,(H2,20,21). The van der Waals surface area contributed by atoms with Crippen LogP contribution in [-0.2, 0) is 4.74 Å². The molecule has 0 aliphatic carbocycles. The molecular weight excluding hydrogens is 342 g/mol. The van der Waals surface area contributed by atoms with Crippen molar-refractivity contribution >= 4 is 23.4 Å². The summed E-state index contributed by atoms with van der Waals surface area (Å²) in [5, 5.41) is 0.222. The van der Waals surface area contributed by atoms with Crippen LogP contribution in [0.3, 0.4) is 0 Å². The molecule has 0 aromatic carbocycles. The molecule has 1 aliphatic heterocycles. The predicted octanol–water partition coefficient (Wildman–Crippen LogP) is 3.38. The molecule has 0 atom stereocenters. The van der Waals surface area contributed by atoms with E-state index in [1.165, 1.54) is 18.9 Å². The van der Waals surface area contributed by atoms with Crippen LogP contribution in [0.4, 0.5) is 5.82 Å². The molecule has 0 bridgehead atoms. The fraction of sp³-hybridized carbons (Fsp3) is 0.667. The highest BCUT2D eigenvalue weighted by molar-refractivity contribution is 6.33. The van der Waals surface area contributed by atoms with Crippen molar-refractivity contribution < 1.29 is 14.3 Å². The monoisotopic (exact) mass is 369 g/mol. The summed E-state index contributed by atoms with van der Waals surface area (Å²) in [4.78, 5) is 18.9. The normalized spacial score (nSPS) is 16.0. The number of anilines is 1. The Morgan fingerprint density at radius 3 is 2.76 bits per heavy atom. The van der Waals surface area contributed by atoms with E-state index in [1.54, 1.807) is 0 Å². The third-order valence-electron chi connectivity index (χ3n) is 4.45. The van der Waals surface area contributed by atoms with E-state index >= 15 is 0 Å². The summed E-state index contributed by atoms with van der Waals surface area (Å²) in [5.74, 6) is 0.241. The second-order valence-corrected chi connectivity index (χ2v) is 6.79. The third kappa shape index (κ3) is 5.75. The Kier molecular flexibility index (Phi) is 7.78. The largest absolute Gasteiger partial charge is 0.477 e. The number of hydrogen-bond acceptors (Lipinski definition) is 6. The summed E-state index contributed by atoms with van der Waals surface area (Å²) in [6, 6.07) is 1.46. The maximum absolute atomic E-state index is 12.4. The van der Waals surface area contributed by atoms with E-state index in [1.807, 2.05) is 6.92 Å². The minimum Gasteiger partial charge on any atom is -0.477 e. The lowest BCUT2D eigenvalue weighted by Gasteiger charge is -2.31. The molecule has 6 nitrogen and oxygen atoms in total. The number of rotatable bonds is 8. The third-order valence-corrected chi connectivity index (χ3v) is 4.76. The molecule has 0 amide bonds. The van der Waals surface area contributed by atoms with Gasteiger partial charge in [0, 0.05) is 0 Å². The van der Waals surface area contributed by atoms with E-state index in [4.69, 9.17) is 26.8 Å². The van der Waals surface area contributed by atoms with Gasteiger partial charge in [0.15, 0.2) is 0 Å². The minimum absolute atomic E-state index is 0.140. The molecule has 1 aromatic rings. The summed E-state index contributed by atoms with van der Waals surface area (Å²) >= 11 is 5.98. The Labute approximate surface area is 154 Å². The number of halogens is 1. The van der Waals surface area contributed by atoms with Crippen molar-refractivity contribution in [3.63, 3.8) is 0 Å². The zero-order valence-corrected chi connectivity index (χ0v) is 15.8. The van der Waals surface area contributed by atoms with Crippen LogP contribution in [0.15, 0.2) is 6.07 Å². The number of esters is 1. The van der Waals surface area contributed by atoms with Gasteiger partial charge in [-0.1, -0.05) is 24.9 Å². The molecule has 140 valence electrons. The number of carbonyl (C=O) groups is 1. The van der Waals surface area contributed by atoms with E-state index in [0.717, 1.165) is 32.5 Å². The molecule has 1 fully saturated rings. The fourth-order valence-electron chi connectivity index (χ4n) is 2.91. The van der Waals surface area contributed by atoms with Crippen LogP contribution >= 0.6 is 11.6 Å². The number of likely N-dealkylation sites (tertiary alicyclic amines) is 1. The first-order valence-corrected chi connectivity index (χ1v) is 9.41. The second kappa shape index (κ2) is 9.82. The molecule has 0 radical (unpaired) electrons. The lowest BCUT2D eigenvalue weighted by atomic mass is 9.97. The van der Waals surface area contributed by atoms with Crippen molar-refractivity contribution in [2.24, 2.45) is 5.92 Å². The molecule has 0 unspecified atom stereocenters. The number of unbranched alkanes of at least 4 members (excludes halogenated alkanes) is 1. The van der Waals surface area contributed by atoms with Gasteiger partial charge in [0.1, 0.15) is 11.4 Å².